The van der Waals surface area contributed by atoms with E-state index in [0.717, 1.165) is 0 Å². The third-order valence-corrected chi connectivity index (χ3v) is 5.03. The molecule has 25 heavy (non-hydrogen) atoms. The van der Waals surface area contributed by atoms with Crippen molar-refractivity contribution in [2.24, 2.45) is 5.41 Å². The van der Waals surface area contributed by atoms with Gasteiger partial charge < -0.3 is 14.8 Å². The lowest BCUT2D eigenvalue weighted by Gasteiger charge is -2.45. The van der Waals surface area contributed by atoms with Gasteiger partial charge in [-0.25, -0.2) is 4.39 Å². The molecular weight excluding hydrogens is 329 g/mol. The lowest BCUT2D eigenvalue weighted by molar-refractivity contribution is -0.384. The molecule has 2 fully saturated rings. The summed E-state index contributed by atoms with van der Waals surface area (Å²) >= 11 is 0. The molecule has 2 atom stereocenters. The molecule has 1 saturated heterocycles. The molecule has 8 heteroatoms. The Labute approximate surface area is 144 Å². The Morgan fingerprint density at radius 2 is 2.20 bits per heavy atom. The molecule has 1 aromatic rings. The second kappa shape index (κ2) is 6.58. The van der Waals surface area contributed by atoms with E-state index in [2.05, 4.69) is 5.32 Å². The van der Waals surface area contributed by atoms with Crippen molar-refractivity contribution in [3.8, 4) is 6.07 Å². The predicted octanol–water partition coefficient (Wildman–Crippen LogP) is 3.15. The molecule has 1 aliphatic carbocycles. The first kappa shape index (κ1) is 17.6. The highest BCUT2D eigenvalue weighted by atomic mass is 19.1. The standard InChI is InChI=1S/C17H20FN3O4/c1-16(10-17(5-4-15(16)18)24-6-7-25-17)11-20-13-8-12(9-19)2-3-14(13)21(22)23/h2-3,8,15,20H,4-7,10-11H2,1H3/t15-,16+/m1/s1. The molecule has 2 aliphatic rings. The molecule has 1 aliphatic heterocycles. The van der Waals surface area contributed by atoms with Gasteiger partial charge in [0, 0.05) is 30.9 Å². The highest BCUT2D eigenvalue weighted by Gasteiger charge is 2.51. The van der Waals surface area contributed by atoms with Crippen molar-refractivity contribution in [3.05, 3.63) is 33.9 Å². The van der Waals surface area contributed by atoms with Crippen LogP contribution in [0.15, 0.2) is 18.2 Å². The van der Waals surface area contributed by atoms with E-state index in [1.54, 1.807) is 6.92 Å². The van der Waals surface area contributed by atoms with Crippen LogP contribution in [-0.4, -0.2) is 36.6 Å². The highest BCUT2D eigenvalue weighted by Crippen LogP contribution is 2.47. The average Bonchev–Trinajstić information content (AvgIpc) is 3.04. The average molecular weight is 349 g/mol. The van der Waals surface area contributed by atoms with Gasteiger partial charge in [-0.1, -0.05) is 6.92 Å². The van der Waals surface area contributed by atoms with Gasteiger partial charge in [0.1, 0.15) is 11.9 Å². The van der Waals surface area contributed by atoms with Crippen LogP contribution in [0.25, 0.3) is 0 Å². The van der Waals surface area contributed by atoms with Gasteiger partial charge in [0.05, 0.1) is 29.8 Å². The van der Waals surface area contributed by atoms with Crippen LogP contribution < -0.4 is 5.32 Å². The Morgan fingerprint density at radius 1 is 1.48 bits per heavy atom. The molecule has 134 valence electrons. The Bertz CT molecular complexity index is 714. The van der Waals surface area contributed by atoms with E-state index in [9.17, 15) is 14.5 Å². The molecule has 3 rings (SSSR count). The zero-order valence-electron chi connectivity index (χ0n) is 14.0. The Balaban J connectivity index is 1.79. The summed E-state index contributed by atoms with van der Waals surface area (Å²) in [5, 5.41) is 23.2. The van der Waals surface area contributed by atoms with Crippen LogP contribution in [0.1, 0.15) is 31.7 Å². The Kier molecular flexibility index (Phi) is 4.62. The summed E-state index contributed by atoms with van der Waals surface area (Å²) in [5.74, 6) is -0.751. The third-order valence-electron chi connectivity index (χ3n) is 5.03. The minimum atomic E-state index is -1.07. The number of nitro groups is 1. The number of anilines is 1. The predicted molar refractivity (Wildman–Crippen MR) is 87.8 cm³/mol. The van der Waals surface area contributed by atoms with Crippen molar-refractivity contribution in [2.75, 3.05) is 25.1 Å². The minimum absolute atomic E-state index is 0.142. The molecule has 1 spiro atoms. The number of benzene rings is 1. The molecule has 0 amide bonds. The van der Waals surface area contributed by atoms with Crippen molar-refractivity contribution in [1.29, 1.82) is 5.26 Å². The second-order valence-corrected chi connectivity index (χ2v) is 6.90. The molecule has 0 bridgehead atoms. The third kappa shape index (κ3) is 3.43. The number of nitrogens with one attached hydrogen (secondary N) is 1. The van der Waals surface area contributed by atoms with Crippen LogP contribution in [0.5, 0.6) is 0 Å². The largest absolute Gasteiger partial charge is 0.379 e. The summed E-state index contributed by atoms with van der Waals surface area (Å²) in [4.78, 5) is 10.7. The Hall–Kier alpha value is -2.24. The maximum atomic E-state index is 14.6. The lowest BCUT2D eigenvalue weighted by atomic mass is 9.71. The summed E-state index contributed by atoms with van der Waals surface area (Å²) in [6.07, 6.45) is 0.128. The molecule has 1 heterocycles. The van der Waals surface area contributed by atoms with Crippen LogP contribution in [0.2, 0.25) is 0 Å². The van der Waals surface area contributed by atoms with Gasteiger partial charge in [0.25, 0.3) is 5.69 Å². The number of hydrogen-bond donors (Lipinski definition) is 1. The molecule has 7 nitrogen and oxygen atoms in total. The summed E-state index contributed by atoms with van der Waals surface area (Å²) in [6, 6.07) is 6.03. The molecule has 1 N–H and O–H groups in total. The molecule has 0 unspecified atom stereocenters. The minimum Gasteiger partial charge on any atom is -0.379 e. The van der Waals surface area contributed by atoms with E-state index in [-0.39, 0.29) is 17.9 Å². The molecule has 0 radical (unpaired) electrons. The van der Waals surface area contributed by atoms with E-state index < -0.39 is 22.3 Å². The monoisotopic (exact) mass is 349 g/mol. The first-order valence-electron chi connectivity index (χ1n) is 8.22. The van der Waals surface area contributed by atoms with E-state index in [1.807, 2.05) is 6.07 Å². The normalized spacial score (nSPS) is 27.8. The van der Waals surface area contributed by atoms with Crippen molar-refractivity contribution >= 4 is 11.4 Å². The van der Waals surface area contributed by atoms with Crippen LogP contribution in [0.4, 0.5) is 15.8 Å². The smallest absolute Gasteiger partial charge is 0.292 e. The van der Waals surface area contributed by atoms with Gasteiger partial charge >= 0.3 is 0 Å². The zero-order chi connectivity index (χ0) is 18.1. The number of ether oxygens (including phenoxy) is 2. The quantitative estimate of drug-likeness (QED) is 0.662. The Morgan fingerprint density at radius 3 is 2.84 bits per heavy atom. The number of nitrogens with zero attached hydrogens (tertiary/aromatic N) is 2. The molecular formula is C17H20FN3O4. The maximum Gasteiger partial charge on any atom is 0.292 e. The first-order chi connectivity index (χ1) is 11.9. The maximum absolute atomic E-state index is 14.6. The van der Waals surface area contributed by atoms with Gasteiger partial charge in [-0.2, -0.15) is 5.26 Å². The lowest BCUT2D eigenvalue weighted by Crippen LogP contribution is -2.50. The van der Waals surface area contributed by atoms with Crippen molar-refractivity contribution in [3.63, 3.8) is 0 Å². The van der Waals surface area contributed by atoms with Crippen molar-refractivity contribution in [1.82, 2.24) is 0 Å². The SMILES string of the molecule is C[C@@]1(CNc2cc(C#N)ccc2[N+](=O)[O-])CC2(CC[C@H]1F)OCCO2. The number of nitriles is 1. The van der Waals surface area contributed by atoms with Crippen molar-refractivity contribution in [2.45, 2.75) is 38.1 Å². The van der Waals surface area contributed by atoms with E-state index in [4.69, 9.17) is 14.7 Å². The van der Waals surface area contributed by atoms with Crippen LogP contribution in [-0.2, 0) is 9.47 Å². The van der Waals surface area contributed by atoms with Crippen molar-refractivity contribution < 1.29 is 18.8 Å². The number of hydrogen-bond acceptors (Lipinski definition) is 6. The van der Waals surface area contributed by atoms with Gasteiger partial charge in [0.15, 0.2) is 5.79 Å². The van der Waals surface area contributed by atoms with E-state index in [1.165, 1.54) is 18.2 Å². The summed E-state index contributed by atoms with van der Waals surface area (Å²) < 4.78 is 26.1. The number of alkyl halides is 1. The molecule has 1 aromatic carbocycles. The van der Waals surface area contributed by atoms with Gasteiger partial charge in [0.2, 0.25) is 0 Å². The summed E-state index contributed by atoms with van der Waals surface area (Å²) in [5.41, 5.74) is -0.418. The van der Waals surface area contributed by atoms with Crippen LogP contribution >= 0.6 is 0 Å². The van der Waals surface area contributed by atoms with Gasteiger partial charge in [-0.3, -0.25) is 10.1 Å². The highest BCUT2D eigenvalue weighted by molar-refractivity contribution is 5.64. The van der Waals surface area contributed by atoms with E-state index in [0.29, 0.717) is 38.0 Å². The fourth-order valence-corrected chi connectivity index (χ4v) is 3.63. The summed E-state index contributed by atoms with van der Waals surface area (Å²) in [7, 11) is 0. The van der Waals surface area contributed by atoms with Crippen LogP contribution in [0, 0.1) is 26.9 Å². The first-order valence-corrected chi connectivity index (χ1v) is 8.22. The van der Waals surface area contributed by atoms with Crippen LogP contribution in [0.3, 0.4) is 0 Å². The fourth-order valence-electron chi connectivity index (χ4n) is 3.63. The van der Waals surface area contributed by atoms with E-state index >= 15 is 0 Å². The fraction of sp³-hybridized carbons (Fsp3) is 0.588. The summed E-state index contributed by atoms with van der Waals surface area (Å²) in [6.45, 7) is 2.96. The topological polar surface area (TPSA) is 97.4 Å². The molecule has 0 aromatic heterocycles. The molecule has 1 saturated carbocycles. The van der Waals surface area contributed by atoms with Gasteiger partial charge in [-0.05, 0) is 18.6 Å². The number of rotatable bonds is 4. The number of nitro benzene ring substituents is 1. The zero-order valence-corrected chi connectivity index (χ0v) is 14.0. The van der Waals surface area contributed by atoms with Gasteiger partial charge in [-0.15, -0.1) is 0 Å². The number of halogens is 1. The second-order valence-electron chi connectivity index (χ2n) is 6.90.